The van der Waals surface area contributed by atoms with Gasteiger partial charge >= 0.3 is 5.97 Å². The minimum Gasteiger partial charge on any atom is -0.452 e. The molecule has 2 rings (SSSR count). The summed E-state index contributed by atoms with van der Waals surface area (Å²) in [5, 5.41) is 7.11. The molecule has 26 heavy (non-hydrogen) atoms. The van der Waals surface area contributed by atoms with Gasteiger partial charge in [0.1, 0.15) is 0 Å². The molecule has 0 aromatic carbocycles. The first-order valence-electron chi connectivity index (χ1n) is 9.52. The van der Waals surface area contributed by atoms with Gasteiger partial charge in [0.2, 0.25) is 0 Å². The van der Waals surface area contributed by atoms with E-state index >= 15 is 0 Å². The summed E-state index contributed by atoms with van der Waals surface area (Å²) in [5.41, 5.74) is 2.58. The van der Waals surface area contributed by atoms with Crippen LogP contribution >= 0.6 is 0 Å². The molecule has 6 nitrogen and oxygen atoms in total. The molecule has 1 heterocycles. The zero-order valence-electron chi connectivity index (χ0n) is 17.2. The fourth-order valence-corrected chi connectivity index (χ4v) is 3.70. The van der Waals surface area contributed by atoms with Gasteiger partial charge in [-0.15, -0.1) is 0 Å². The fraction of sp³-hybridized carbons (Fsp3) is 0.750. The number of carbonyl (C=O) groups excluding carboxylic acids is 2. The zero-order valence-corrected chi connectivity index (χ0v) is 17.2. The predicted octanol–water partition coefficient (Wildman–Crippen LogP) is 3.76. The molecule has 0 radical (unpaired) electrons. The summed E-state index contributed by atoms with van der Waals surface area (Å²) in [4.78, 5) is 24.8. The Balaban J connectivity index is 1.88. The number of aryl methyl sites for hydroxylation is 2. The predicted molar refractivity (Wildman–Crippen MR) is 102 cm³/mol. The quantitative estimate of drug-likeness (QED) is 0.827. The van der Waals surface area contributed by atoms with E-state index in [1.165, 1.54) is 0 Å². The van der Waals surface area contributed by atoms with E-state index in [2.05, 4.69) is 31.2 Å². The Morgan fingerprint density at radius 3 is 2.23 bits per heavy atom. The lowest BCUT2D eigenvalue weighted by atomic mass is 9.70. The average Bonchev–Trinajstić information content (AvgIpc) is 2.80. The van der Waals surface area contributed by atoms with E-state index in [1.807, 2.05) is 20.9 Å². The van der Waals surface area contributed by atoms with Crippen LogP contribution in [0.3, 0.4) is 0 Å². The number of esters is 1. The maximum absolute atomic E-state index is 12.4. The largest absolute Gasteiger partial charge is 0.452 e. The van der Waals surface area contributed by atoms with Crippen LogP contribution in [0.15, 0.2) is 0 Å². The minimum absolute atomic E-state index is 0.0919. The molecule has 1 aromatic rings. The van der Waals surface area contributed by atoms with Crippen molar-refractivity contribution in [2.75, 3.05) is 5.32 Å². The van der Waals surface area contributed by atoms with Gasteiger partial charge in [0.25, 0.3) is 5.91 Å². The Kier molecular flexibility index (Phi) is 6.14. The molecule has 146 valence electrons. The highest BCUT2D eigenvalue weighted by molar-refractivity contribution is 5.96. The number of ether oxygens (including phenoxy) is 1. The molecule has 1 amide bonds. The molecular formula is C20H33N3O3. The third-order valence-electron chi connectivity index (χ3n) is 5.70. The first-order valence-corrected chi connectivity index (χ1v) is 9.52. The Bertz CT molecular complexity index is 665. The van der Waals surface area contributed by atoms with Crippen LogP contribution in [0.1, 0.15) is 64.8 Å². The lowest BCUT2D eigenvalue weighted by Crippen LogP contribution is -2.35. The summed E-state index contributed by atoms with van der Waals surface area (Å²) in [5.74, 6) is -0.0184. The van der Waals surface area contributed by atoms with E-state index in [0.29, 0.717) is 11.6 Å². The molecule has 0 aliphatic heterocycles. The first kappa shape index (κ1) is 20.5. The normalized spacial score (nSPS) is 22.0. The summed E-state index contributed by atoms with van der Waals surface area (Å²) in [7, 11) is 1.83. The maximum Gasteiger partial charge on any atom is 0.309 e. The number of rotatable bonds is 4. The van der Waals surface area contributed by atoms with Crippen LogP contribution in [-0.2, 0) is 21.4 Å². The van der Waals surface area contributed by atoms with Crippen molar-refractivity contribution < 1.29 is 14.3 Å². The van der Waals surface area contributed by atoms with Crippen LogP contribution in [0.4, 0.5) is 5.69 Å². The Labute approximate surface area is 156 Å². The monoisotopic (exact) mass is 363 g/mol. The second-order valence-electron chi connectivity index (χ2n) is 8.65. The molecule has 1 N–H and O–H groups in total. The summed E-state index contributed by atoms with van der Waals surface area (Å²) in [6.07, 6.45) is 2.95. The third-order valence-corrected chi connectivity index (χ3v) is 5.70. The van der Waals surface area contributed by atoms with Crippen molar-refractivity contribution in [3.8, 4) is 0 Å². The van der Waals surface area contributed by atoms with E-state index in [9.17, 15) is 9.59 Å². The van der Waals surface area contributed by atoms with Gasteiger partial charge in [0.05, 0.1) is 23.0 Å². The van der Waals surface area contributed by atoms with Crippen molar-refractivity contribution in [2.24, 2.45) is 24.3 Å². The van der Waals surface area contributed by atoms with Gasteiger partial charge in [-0.2, -0.15) is 5.10 Å². The highest BCUT2D eigenvalue weighted by atomic mass is 16.5. The number of hydrogen-bond acceptors (Lipinski definition) is 4. The molecular weight excluding hydrogens is 330 g/mol. The molecule has 0 bridgehead atoms. The van der Waals surface area contributed by atoms with E-state index in [0.717, 1.165) is 37.1 Å². The molecule has 0 spiro atoms. The highest BCUT2D eigenvalue weighted by Crippen LogP contribution is 2.40. The number of aromatic nitrogens is 2. The van der Waals surface area contributed by atoms with Gasteiger partial charge < -0.3 is 10.1 Å². The summed E-state index contributed by atoms with van der Waals surface area (Å²) in [6.45, 7) is 12.1. The molecule has 1 fully saturated rings. The molecule has 0 saturated heterocycles. The van der Waals surface area contributed by atoms with Crippen molar-refractivity contribution in [3.05, 3.63) is 11.4 Å². The standard InChI is InChI=1S/C20H33N3O3/c1-12-17(13(2)23(7)22-12)21-18(24)14(3)26-19(25)15-8-10-16(11-9-15)20(4,5)6/h14-16H,8-11H2,1-7H3,(H,21,24). The van der Waals surface area contributed by atoms with E-state index < -0.39 is 6.10 Å². The second kappa shape index (κ2) is 7.80. The molecule has 1 aromatic heterocycles. The van der Waals surface area contributed by atoms with Crippen LogP contribution in [0.5, 0.6) is 0 Å². The number of hydrogen-bond donors (Lipinski definition) is 1. The van der Waals surface area contributed by atoms with Crippen LogP contribution < -0.4 is 5.32 Å². The lowest BCUT2D eigenvalue weighted by molar-refractivity contribution is -0.158. The lowest BCUT2D eigenvalue weighted by Gasteiger charge is -2.36. The molecule has 1 atom stereocenters. The summed E-state index contributed by atoms with van der Waals surface area (Å²) < 4.78 is 7.17. The van der Waals surface area contributed by atoms with Gasteiger partial charge in [-0.25, -0.2) is 0 Å². The molecule has 1 aliphatic rings. The number of nitrogens with zero attached hydrogens (tertiary/aromatic N) is 2. The third kappa shape index (κ3) is 4.65. The van der Waals surface area contributed by atoms with E-state index in [-0.39, 0.29) is 23.2 Å². The Hall–Kier alpha value is -1.85. The summed E-state index contributed by atoms with van der Waals surface area (Å²) >= 11 is 0. The van der Waals surface area contributed by atoms with Crippen LogP contribution in [0.2, 0.25) is 0 Å². The van der Waals surface area contributed by atoms with Crippen molar-refractivity contribution in [1.82, 2.24) is 9.78 Å². The minimum atomic E-state index is -0.818. The van der Waals surface area contributed by atoms with Crippen molar-refractivity contribution in [3.63, 3.8) is 0 Å². The second-order valence-corrected chi connectivity index (χ2v) is 8.65. The average molecular weight is 364 g/mol. The fourth-order valence-electron chi connectivity index (χ4n) is 3.70. The number of anilines is 1. The van der Waals surface area contributed by atoms with Gasteiger partial charge in [-0.3, -0.25) is 14.3 Å². The van der Waals surface area contributed by atoms with Gasteiger partial charge in [-0.05, 0) is 57.8 Å². The smallest absolute Gasteiger partial charge is 0.309 e. The highest BCUT2D eigenvalue weighted by Gasteiger charge is 2.34. The summed E-state index contributed by atoms with van der Waals surface area (Å²) in [6, 6.07) is 0. The van der Waals surface area contributed by atoms with Crippen LogP contribution in [-0.4, -0.2) is 27.8 Å². The number of carbonyl (C=O) groups is 2. The molecule has 1 aliphatic carbocycles. The number of amides is 1. The molecule has 1 unspecified atom stereocenters. The van der Waals surface area contributed by atoms with Crippen molar-refractivity contribution in [1.29, 1.82) is 0 Å². The van der Waals surface area contributed by atoms with E-state index in [4.69, 9.17) is 4.74 Å². The molecule has 1 saturated carbocycles. The first-order chi connectivity index (χ1) is 12.0. The maximum atomic E-state index is 12.4. The Morgan fingerprint density at radius 2 is 1.77 bits per heavy atom. The van der Waals surface area contributed by atoms with Crippen LogP contribution in [0.25, 0.3) is 0 Å². The van der Waals surface area contributed by atoms with Crippen LogP contribution in [0, 0.1) is 31.1 Å². The van der Waals surface area contributed by atoms with E-state index in [1.54, 1.807) is 11.6 Å². The topological polar surface area (TPSA) is 73.2 Å². The van der Waals surface area contributed by atoms with Gasteiger partial charge in [-0.1, -0.05) is 20.8 Å². The Morgan fingerprint density at radius 1 is 1.19 bits per heavy atom. The van der Waals surface area contributed by atoms with Crippen molar-refractivity contribution in [2.45, 2.75) is 73.3 Å². The zero-order chi connectivity index (χ0) is 19.6. The van der Waals surface area contributed by atoms with Crippen molar-refractivity contribution >= 4 is 17.6 Å². The van der Waals surface area contributed by atoms with Gasteiger partial charge in [0, 0.05) is 7.05 Å². The number of nitrogens with one attached hydrogen (secondary N) is 1. The van der Waals surface area contributed by atoms with Gasteiger partial charge in [0.15, 0.2) is 6.10 Å². The molecule has 6 heteroatoms. The SMILES string of the molecule is Cc1nn(C)c(C)c1NC(=O)C(C)OC(=O)C1CCC(C(C)(C)C)CC1.